The number of nitrogens with one attached hydrogen (secondary N) is 1. The van der Waals surface area contributed by atoms with Gasteiger partial charge in [-0.25, -0.2) is 9.78 Å². The third kappa shape index (κ3) is 5.42. The smallest absolute Gasteiger partial charge is 0.337 e. The van der Waals surface area contributed by atoms with Gasteiger partial charge in [0.1, 0.15) is 0 Å². The van der Waals surface area contributed by atoms with Crippen molar-refractivity contribution in [3.8, 4) is 0 Å². The number of esters is 2. The first kappa shape index (κ1) is 20.2. The molecule has 0 unspecified atom stereocenters. The maximum Gasteiger partial charge on any atom is 0.337 e. The number of benzene rings is 1. The molecule has 0 amide bonds. The van der Waals surface area contributed by atoms with Crippen LogP contribution in [-0.4, -0.2) is 36.9 Å². The number of aromatic nitrogens is 1. The standard InChI is InChI=1S/C16H15Cl2N3O4S/c1-3-25-14(22)6-10-8-26-16(20-10)21-19-7-11-12(17)4-9(5-13(11)18)15(23)24-2/h4-5,7-8H,3,6H2,1-2H3,(H,20,21). The van der Waals surface area contributed by atoms with Crippen molar-refractivity contribution in [2.24, 2.45) is 5.10 Å². The summed E-state index contributed by atoms with van der Waals surface area (Å²) in [7, 11) is 1.27. The molecule has 0 fully saturated rings. The molecule has 1 aromatic carbocycles. The molecular formula is C16H15Cl2N3O4S. The second-order valence-corrected chi connectivity index (χ2v) is 6.51. The molecular weight excluding hydrogens is 401 g/mol. The van der Waals surface area contributed by atoms with Crippen molar-refractivity contribution in [3.05, 3.63) is 44.4 Å². The summed E-state index contributed by atoms with van der Waals surface area (Å²) < 4.78 is 9.50. The van der Waals surface area contributed by atoms with E-state index in [2.05, 4.69) is 20.2 Å². The van der Waals surface area contributed by atoms with E-state index < -0.39 is 5.97 Å². The molecule has 1 aromatic heterocycles. The van der Waals surface area contributed by atoms with Gasteiger partial charge in [0, 0.05) is 10.9 Å². The number of anilines is 1. The molecule has 138 valence electrons. The number of thiazole rings is 1. The van der Waals surface area contributed by atoms with Gasteiger partial charge < -0.3 is 9.47 Å². The molecule has 0 aliphatic heterocycles. The molecule has 7 nitrogen and oxygen atoms in total. The van der Waals surface area contributed by atoms with Gasteiger partial charge in [-0.05, 0) is 19.1 Å². The van der Waals surface area contributed by atoms with Gasteiger partial charge in [-0.3, -0.25) is 10.2 Å². The molecule has 0 spiro atoms. The van der Waals surface area contributed by atoms with Crippen LogP contribution in [0.25, 0.3) is 0 Å². The van der Waals surface area contributed by atoms with Crippen LogP contribution in [-0.2, 0) is 20.7 Å². The van der Waals surface area contributed by atoms with E-state index in [1.807, 2.05) is 0 Å². The normalized spacial score (nSPS) is 10.8. The fourth-order valence-corrected chi connectivity index (χ4v) is 3.14. The van der Waals surface area contributed by atoms with Crippen molar-refractivity contribution in [1.29, 1.82) is 0 Å². The minimum atomic E-state index is -0.535. The van der Waals surface area contributed by atoms with Crippen LogP contribution in [0.5, 0.6) is 0 Å². The Balaban J connectivity index is 2.04. The minimum Gasteiger partial charge on any atom is -0.466 e. The molecule has 0 saturated heterocycles. The first-order valence-corrected chi connectivity index (χ1v) is 9.04. The zero-order valence-electron chi connectivity index (χ0n) is 13.9. The van der Waals surface area contributed by atoms with Crippen molar-refractivity contribution in [2.75, 3.05) is 19.1 Å². The van der Waals surface area contributed by atoms with Gasteiger partial charge >= 0.3 is 11.9 Å². The first-order chi connectivity index (χ1) is 12.4. The van der Waals surface area contributed by atoms with Crippen molar-refractivity contribution >= 4 is 57.8 Å². The van der Waals surface area contributed by atoms with Gasteiger partial charge in [0.05, 0.1) is 47.7 Å². The molecule has 2 rings (SSSR count). The van der Waals surface area contributed by atoms with Crippen LogP contribution in [0.1, 0.15) is 28.5 Å². The van der Waals surface area contributed by atoms with E-state index in [0.29, 0.717) is 23.0 Å². The molecule has 0 atom stereocenters. The second-order valence-electron chi connectivity index (χ2n) is 4.84. The molecule has 0 bridgehead atoms. The Morgan fingerprint density at radius 1 is 1.35 bits per heavy atom. The summed E-state index contributed by atoms with van der Waals surface area (Å²) in [5.74, 6) is -0.871. The molecule has 0 radical (unpaired) electrons. The molecule has 0 aliphatic rings. The number of halogens is 2. The first-order valence-electron chi connectivity index (χ1n) is 7.41. The lowest BCUT2D eigenvalue weighted by Gasteiger charge is -2.05. The highest BCUT2D eigenvalue weighted by Crippen LogP contribution is 2.26. The fraction of sp³-hybridized carbons (Fsp3) is 0.250. The number of ether oxygens (including phenoxy) is 2. The molecule has 26 heavy (non-hydrogen) atoms. The minimum absolute atomic E-state index is 0.0996. The Morgan fingerprint density at radius 3 is 2.65 bits per heavy atom. The van der Waals surface area contributed by atoms with Crippen molar-refractivity contribution in [3.63, 3.8) is 0 Å². The average Bonchev–Trinajstić information content (AvgIpc) is 3.03. The Kier molecular flexibility index (Phi) is 7.38. The van der Waals surface area contributed by atoms with Crippen LogP contribution >= 0.6 is 34.5 Å². The predicted molar refractivity (Wildman–Crippen MR) is 101 cm³/mol. The SMILES string of the molecule is CCOC(=O)Cc1csc(NN=Cc2c(Cl)cc(C(=O)OC)cc2Cl)n1. The predicted octanol–water partition coefficient (Wildman–Crippen LogP) is 3.79. The largest absolute Gasteiger partial charge is 0.466 e. The Hall–Kier alpha value is -2.16. The zero-order chi connectivity index (χ0) is 19.1. The quantitative estimate of drug-likeness (QED) is 0.420. The van der Waals surface area contributed by atoms with E-state index in [4.69, 9.17) is 27.9 Å². The third-order valence-electron chi connectivity index (χ3n) is 3.04. The van der Waals surface area contributed by atoms with Crippen LogP contribution in [0, 0.1) is 0 Å². The summed E-state index contributed by atoms with van der Waals surface area (Å²) in [4.78, 5) is 27.2. The van der Waals surface area contributed by atoms with Crippen LogP contribution in [0.3, 0.4) is 0 Å². The van der Waals surface area contributed by atoms with E-state index >= 15 is 0 Å². The lowest BCUT2D eigenvalue weighted by Crippen LogP contribution is -2.07. The Labute approximate surface area is 163 Å². The van der Waals surface area contributed by atoms with Crippen LogP contribution in [0.15, 0.2) is 22.6 Å². The monoisotopic (exact) mass is 415 g/mol. The topological polar surface area (TPSA) is 89.9 Å². The number of hydrazone groups is 1. The van der Waals surface area contributed by atoms with Gasteiger partial charge in [0.2, 0.25) is 5.13 Å². The van der Waals surface area contributed by atoms with E-state index in [1.54, 1.807) is 12.3 Å². The molecule has 2 aromatic rings. The number of methoxy groups -OCH3 is 1. The Bertz CT molecular complexity index is 816. The third-order valence-corrected chi connectivity index (χ3v) is 4.46. The summed E-state index contributed by atoms with van der Waals surface area (Å²) >= 11 is 13.6. The van der Waals surface area contributed by atoms with Gasteiger partial charge in [-0.15, -0.1) is 11.3 Å². The summed E-state index contributed by atoms with van der Waals surface area (Å²) in [5, 5.41) is 6.77. The van der Waals surface area contributed by atoms with Crippen molar-refractivity contribution in [2.45, 2.75) is 13.3 Å². The Morgan fingerprint density at radius 2 is 2.04 bits per heavy atom. The lowest BCUT2D eigenvalue weighted by atomic mass is 10.1. The van der Waals surface area contributed by atoms with Gasteiger partial charge in [0.25, 0.3) is 0 Å². The van der Waals surface area contributed by atoms with Gasteiger partial charge in [-0.2, -0.15) is 5.10 Å². The zero-order valence-corrected chi connectivity index (χ0v) is 16.2. The van der Waals surface area contributed by atoms with Crippen LogP contribution in [0.2, 0.25) is 10.0 Å². The van der Waals surface area contributed by atoms with Crippen molar-refractivity contribution < 1.29 is 19.1 Å². The summed E-state index contributed by atoms with van der Waals surface area (Å²) in [6.45, 7) is 2.07. The molecule has 1 heterocycles. The average molecular weight is 416 g/mol. The van der Waals surface area contributed by atoms with E-state index in [-0.39, 0.29) is 28.0 Å². The number of hydrogen-bond donors (Lipinski definition) is 1. The highest BCUT2D eigenvalue weighted by molar-refractivity contribution is 7.13. The molecule has 0 saturated carbocycles. The van der Waals surface area contributed by atoms with Crippen LogP contribution in [0.4, 0.5) is 5.13 Å². The number of rotatable bonds is 7. The lowest BCUT2D eigenvalue weighted by molar-refractivity contribution is -0.142. The maximum absolute atomic E-state index is 11.5. The number of carbonyl (C=O) groups excluding carboxylic acids is 2. The summed E-state index contributed by atoms with van der Waals surface area (Å²) in [6.07, 6.45) is 1.51. The van der Waals surface area contributed by atoms with Crippen LogP contribution < -0.4 is 5.43 Å². The number of carbonyl (C=O) groups is 2. The number of nitrogens with zero attached hydrogens (tertiary/aromatic N) is 2. The number of hydrogen-bond acceptors (Lipinski definition) is 8. The summed E-state index contributed by atoms with van der Waals surface area (Å²) in [6, 6.07) is 2.89. The molecule has 10 heteroatoms. The highest BCUT2D eigenvalue weighted by Gasteiger charge is 2.12. The van der Waals surface area contributed by atoms with Gasteiger partial charge in [-0.1, -0.05) is 23.2 Å². The second kappa shape index (κ2) is 9.51. The fourth-order valence-electron chi connectivity index (χ4n) is 1.89. The summed E-state index contributed by atoms with van der Waals surface area (Å²) in [5.41, 5.74) is 4.01. The molecule has 1 N–H and O–H groups in total. The highest BCUT2D eigenvalue weighted by atomic mass is 35.5. The van der Waals surface area contributed by atoms with Crippen molar-refractivity contribution in [1.82, 2.24) is 4.98 Å². The maximum atomic E-state index is 11.5. The molecule has 0 aliphatic carbocycles. The van der Waals surface area contributed by atoms with E-state index in [0.717, 1.165) is 0 Å². The van der Waals surface area contributed by atoms with E-state index in [1.165, 1.54) is 36.8 Å². The van der Waals surface area contributed by atoms with E-state index in [9.17, 15) is 9.59 Å². The van der Waals surface area contributed by atoms with Gasteiger partial charge in [0.15, 0.2) is 0 Å².